The molecule has 0 aliphatic carbocycles. The number of amides is 1. The molecule has 0 saturated carbocycles. The molecule has 1 aromatic carbocycles. The summed E-state index contributed by atoms with van der Waals surface area (Å²) in [6.45, 7) is 4.01. The molecule has 4 N–H and O–H groups in total. The van der Waals surface area contributed by atoms with Crippen LogP contribution in [0.4, 0.5) is 5.69 Å². The molecule has 0 fully saturated rings. The molecule has 4 heteroatoms. The molecule has 0 aliphatic rings. The van der Waals surface area contributed by atoms with Crippen molar-refractivity contribution in [3.05, 3.63) is 23.3 Å². The van der Waals surface area contributed by atoms with Gasteiger partial charge >= 0.3 is 0 Å². The fourth-order valence-corrected chi connectivity index (χ4v) is 2.36. The van der Waals surface area contributed by atoms with Gasteiger partial charge in [-0.2, -0.15) is 0 Å². The minimum absolute atomic E-state index is 0.392. The van der Waals surface area contributed by atoms with E-state index in [-0.39, 0.29) is 0 Å². The topological polar surface area (TPSA) is 69.1 Å². The second-order valence-electron chi connectivity index (χ2n) is 3.37. The molecule has 1 rings (SSSR count). The minimum Gasteiger partial charge on any atom is -0.398 e. The lowest BCUT2D eigenvalue weighted by molar-refractivity contribution is 0.0997. The van der Waals surface area contributed by atoms with Gasteiger partial charge in [-0.15, -0.1) is 11.8 Å². The standard InChI is InChI=1S/C11H16N2OS/c1-3-6-15-10-7(2)9(12)5-4-8(10)11(13)14/h4-5H,3,6,12H2,1-2H3,(H2,13,14). The zero-order valence-corrected chi connectivity index (χ0v) is 9.86. The predicted octanol–water partition coefficient (Wildman–Crippen LogP) is 2.18. The van der Waals surface area contributed by atoms with Gasteiger partial charge < -0.3 is 11.5 Å². The fraction of sp³-hybridized carbons (Fsp3) is 0.364. The average Bonchev–Trinajstić information content (AvgIpc) is 2.19. The summed E-state index contributed by atoms with van der Waals surface area (Å²) in [5.41, 5.74) is 13.3. The molecule has 0 aromatic heterocycles. The van der Waals surface area contributed by atoms with Crippen LogP contribution in [0.2, 0.25) is 0 Å². The van der Waals surface area contributed by atoms with E-state index in [0.717, 1.165) is 22.6 Å². The Bertz CT molecular complexity index is 377. The zero-order chi connectivity index (χ0) is 11.4. The van der Waals surface area contributed by atoms with Crippen molar-refractivity contribution in [2.45, 2.75) is 25.2 Å². The summed E-state index contributed by atoms with van der Waals surface area (Å²) < 4.78 is 0. The monoisotopic (exact) mass is 224 g/mol. The summed E-state index contributed by atoms with van der Waals surface area (Å²) in [6.07, 6.45) is 1.05. The Morgan fingerprint density at radius 1 is 1.47 bits per heavy atom. The van der Waals surface area contributed by atoms with Gasteiger partial charge in [0.25, 0.3) is 0 Å². The first-order valence-electron chi connectivity index (χ1n) is 4.89. The molecule has 82 valence electrons. The fourth-order valence-electron chi connectivity index (χ4n) is 1.29. The molecule has 15 heavy (non-hydrogen) atoms. The van der Waals surface area contributed by atoms with Crippen molar-refractivity contribution in [3.63, 3.8) is 0 Å². The molecular formula is C11H16N2OS. The van der Waals surface area contributed by atoms with Crippen LogP contribution in [-0.2, 0) is 0 Å². The number of nitrogens with two attached hydrogens (primary N) is 2. The molecular weight excluding hydrogens is 208 g/mol. The summed E-state index contributed by atoms with van der Waals surface area (Å²) >= 11 is 1.64. The van der Waals surface area contributed by atoms with Gasteiger partial charge in [-0.3, -0.25) is 4.79 Å². The molecule has 0 spiro atoms. The maximum Gasteiger partial charge on any atom is 0.249 e. The number of primary amides is 1. The van der Waals surface area contributed by atoms with Crippen molar-refractivity contribution in [2.75, 3.05) is 11.5 Å². The highest BCUT2D eigenvalue weighted by Crippen LogP contribution is 2.30. The largest absolute Gasteiger partial charge is 0.398 e. The maximum absolute atomic E-state index is 11.2. The molecule has 0 bridgehead atoms. The summed E-state index contributed by atoms with van der Waals surface area (Å²) in [5, 5.41) is 0. The Morgan fingerprint density at radius 3 is 2.67 bits per heavy atom. The number of thioether (sulfide) groups is 1. The van der Waals surface area contributed by atoms with Crippen molar-refractivity contribution >= 4 is 23.4 Å². The minimum atomic E-state index is -0.392. The van der Waals surface area contributed by atoms with Crippen molar-refractivity contribution < 1.29 is 4.79 Å². The first kappa shape index (κ1) is 11.9. The lowest BCUT2D eigenvalue weighted by atomic mass is 10.1. The van der Waals surface area contributed by atoms with Crippen LogP contribution in [0.15, 0.2) is 17.0 Å². The summed E-state index contributed by atoms with van der Waals surface area (Å²) in [4.78, 5) is 12.1. The second-order valence-corrected chi connectivity index (χ2v) is 4.47. The van der Waals surface area contributed by atoms with E-state index in [1.165, 1.54) is 0 Å². The highest BCUT2D eigenvalue weighted by Gasteiger charge is 2.12. The molecule has 1 aromatic rings. The predicted molar refractivity (Wildman–Crippen MR) is 65.1 cm³/mol. The normalized spacial score (nSPS) is 10.3. The van der Waals surface area contributed by atoms with E-state index >= 15 is 0 Å². The molecule has 3 nitrogen and oxygen atoms in total. The van der Waals surface area contributed by atoms with Crippen LogP contribution in [0.3, 0.4) is 0 Å². The molecule has 0 radical (unpaired) electrons. The maximum atomic E-state index is 11.2. The number of rotatable bonds is 4. The zero-order valence-electron chi connectivity index (χ0n) is 9.04. The Hall–Kier alpha value is -1.16. The van der Waals surface area contributed by atoms with Crippen LogP contribution in [0.1, 0.15) is 29.3 Å². The quantitative estimate of drug-likeness (QED) is 0.608. The number of hydrogen-bond donors (Lipinski definition) is 2. The van der Waals surface area contributed by atoms with E-state index in [9.17, 15) is 4.79 Å². The number of benzene rings is 1. The number of nitrogen functional groups attached to an aromatic ring is 1. The number of anilines is 1. The van der Waals surface area contributed by atoms with E-state index in [1.54, 1.807) is 23.9 Å². The average molecular weight is 224 g/mol. The van der Waals surface area contributed by atoms with Crippen LogP contribution in [0, 0.1) is 6.92 Å². The van der Waals surface area contributed by atoms with Gasteiger partial charge in [-0.1, -0.05) is 6.92 Å². The van der Waals surface area contributed by atoms with Crippen molar-refractivity contribution in [3.8, 4) is 0 Å². The van der Waals surface area contributed by atoms with Gasteiger partial charge in [0.2, 0.25) is 5.91 Å². The van der Waals surface area contributed by atoms with E-state index in [4.69, 9.17) is 11.5 Å². The number of carbonyl (C=O) groups excluding carboxylic acids is 1. The molecule has 0 unspecified atom stereocenters. The lowest BCUT2D eigenvalue weighted by Crippen LogP contribution is -2.13. The van der Waals surface area contributed by atoms with E-state index in [0.29, 0.717) is 11.3 Å². The van der Waals surface area contributed by atoms with E-state index < -0.39 is 5.91 Å². The third-order valence-electron chi connectivity index (χ3n) is 2.16. The molecule has 0 heterocycles. The SMILES string of the molecule is CCCSc1c(C(N)=O)ccc(N)c1C. The van der Waals surface area contributed by atoms with Gasteiger partial charge in [0.1, 0.15) is 0 Å². The van der Waals surface area contributed by atoms with Gasteiger partial charge in [0.05, 0.1) is 5.56 Å². The third kappa shape index (κ3) is 2.65. The third-order valence-corrected chi connectivity index (χ3v) is 3.59. The van der Waals surface area contributed by atoms with Gasteiger partial charge in [0.15, 0.2) is 0 Å². The highest BCUT2D eigenvalue weighted by molar-refractivity contribution is 7.99. The second kappa shape index (κ2) is 5.07. The van der Waals surface area contributed by atoms with Crippen LogP contribution in [0.25, 0.3) is 0 Å². The summed E-state index contributed by atoms with van der Waals surface area (Å²) in [5.74, 6) is 0.571. The van der Waals surface area contributed by atoms with Crippen LogP contribution in [0.5, 0.6) is 0 Å². The lowest BCUT2D eigenvalue weighted by Gasteiger charge is -2.11. The Kier molecular flexibility index (Phi) is 4.03. The Labute approximate surface area is 94.2 Å². The Balaban J connectivity index is 3.16. The smallest absolute Gasteiger partial charge is 0.249 e. The van der Waals surface area contributed by atoms with Crippen LogP contribution in [-0.4, -0.2) is 11.7 Å². The first-order valence-corrected chi connectivity index (χ1v) is 5.88. The summed E-state index contributed by atoms with van der Waals surface area (Å²) in [6, 6.07) is 3.42. The molecule has 1 amide bonds. The molecule has 0 aliphatic heterocycles. The van der Waals surface area contributed by atoms with Crippen LogP contribution < -0.4 is 11.5 Å². The van der Waals surface area contributed by atoms with Crippen LogP contribution >= 0.6 is 11.8 Å². The van der Waals surface area contributed by atoms with E-state index in [1.807, 2.05) is 6.92 Å². The van der Waals surface area contributed by atoms with Gasteiger partial charge in [-0.25, -0.2) is 0 Å². The number of hydrogen-bond acceptors (Lipinski definition) is 3. The van der Waals surface area contributed by atoms with Crippen molar-refractivity contribution in [1.82, 2.24) is 0 Å². The van der Waals surface area contributed by atoms with Crippen molar-refractivity contribution in [2.24, 2.45) is 5.73 Å². The Morgan fingerprint density at radius 2 is 2.13 bits per heavy atom. The van der Waals surface area contributed by atoms with Gasteiger partial charge in [-0.05, 0) is 36.8 Å². The molecule has 0 saturated heterocycles. The van der Waals surface area contributed by atoms with Crippen molar-refractivity contribution in [1.29, 1.82) is 0 Å². The van der Waals surface area contributed by atoms with Gasteiger partial charge in [0, 0.05) is 10.6 Å². The number of carbonyl (C=O) groups is 1. The first-order chi connectivity index (χ1) is 7.07. The molecule has 0 atom stereocenters. The highest BCUT2D eigenvalue weighted by atomic mass is 32.2. The van der Waals surface area contributed by atoms with E-state index in [2.05, 4.69) is 6.92 Å². The summed E-state index contributed by atoms with van der Waals surface area (Å²) in [7, 11) is 0.